The van der Waals surface area contributed by atoms with E-state index in [0.29, 0.717) is 0 Å². The molecule has 0 aliphatic heterocycles. The molecule has 4 rings (SSSR count). The van der Waals surface area contributed by atoms with Crippen molar-refractivity contribution >= 4 is 11.8 Å². The highest BCUT2D eigenvalue weighted by Crippen LogP contribution is 2.39. The third-order valence-corrected chi connectivity index (χ3v) is 4.89. The van der Waals surface area contributed by atoms with E-state index in [9.17, 15) is 31.6 Å². The number of nitrogens with zero attached hydrogens (tertiary/aromatic N) is 5. The van der Waals surface area contributed by atoms with Crippen LogP contribution in [0.2, 0.25) is 0 Å². The molecular weight excluding hydrogens is 472 g/mol. The summed E-state index contributed by atoms with van der Waals surface area (Å²) >= 11 is 0. The number of halogens is 6. The summed E-state index contributed by atoms with van der Waals surface area (Å²) in [6, 6.07) is 15.5. The van der Waals surface area contributed by atoms with Crippen LogP contribution in [0.4, 0.5) is 26.3 Å². The molecule has 0 saturated heterocycles. The first-order valence-corrected chi connectivity index (χ1v) is 9.92. The fourth-order valence-corrected chi connectivity index (χ4v) is 3.36. The number of allylic oxidation sites excluding steroid dienone is 1. The van der Waals surface area contributed by atoms with E-state index in [4.69, 9.17) is 0 Å². The van der Waals surface area contributed by atoms with Crippen LogP contribution in [0, 0.1) is 11.3 Å². The molecule has 2 heterocycles. The van der Waals surface area contributed by atoms with Crippen molar-refractivity contribution in [3.05, 3.63) is 89.7 Å². The van der Waals surface area contributed by atoms with E-state index in [1.165, 1.54) is 36.5 Å². The summed E-state index contributed by atoms with van der Waals surface area (Å²) in [7, 11) is 0. The summed E-state index contributed by atoms with van der Waals surface area (Å²) in [5, 5.41) is 13.7. The minimum absolute atomic E-state index is 0.0862. The first-order valence-electron chi connectivity index (χ1n) is 9.92. The molecule has 2 aromatic heterocycles. The first-order chi connectivity index (χ1) is 16.6. The van der Waals surface area contributed by atoms with Crippen molar-refractivity contribution in [3.63, 3.8) is 0 Å². The van der Waals surface area contributed by atoms with Gasteiger partial charge < -0.3 is 0 Å². The average Bonchev–Trinajstić information content (AvgIpc) is 3.25. The van der Waals surface area contributed by atoms with E-state index in [1.807, 2.05) is 6.07 Å². The van der Waals surface area contributed by atoms with Crippen LogP contribution in [0.1, 0.15) is 16.8 Å². The Morgan fingerprint density at radius 1 is 0.800 bits per heavy atom. The Hall–Kier alpha value is -4.46. The average molecular weight is 485 g/mol. The standard InChI is InChI=1S/C24H13F6N5/c25-23(26,27)18-9-3-1-7-16(18)21-33-22(17-8-2-4-10-19(17)24(28,29)30)35(34-21)14-15(13-31)20-11-5-6-12-32-20/h1-12,14H. The second kappa shape index (κ2) is 9.06. The van der Waals surface area contributed by atoms with Crippen LogP contribution in [0.3, 0.4) is 0 Å². The van der Waals surface area contributed by atoms with Crippen molar-refractivity contribution in [1.82, 2.24) is 19.7 Å². The molecule has 35 heavy (non-hydrogen) atoms. The van der Waals surface area contributed by atoms with E-state index < -0.39 is 46.3 Å². The van der Waals surface area contributed by atoms with Crippen molar-refractivity contribution in [3.8, 4) is 28.8 Å². The van der Waals surface area contributed by atoms with E-state index in [-0.39, 0.29) is 11.3 Å². The minimum atomic E-state index is -4.78. The highest BCUT2D eigenvalue weighted by Gasteiger charge is 2.36. The molecule has 176 valence electrons. The van der Waals surface area contributed by atoms with E-state index in [2.05, 4.69) is 15.1 Å². The Kier molecular flexibility index (Phi) is 6.13. The topological polar surface area (TPSA) is 67.4 Å². The third-order valence-electron chi connectivity index (χ3n) is 4.89. The molecule has 0 saturated carbocycles. The maximum Gasteiger partial charge on any atom is 0.417 e. The van der Waals surface area contributed by atoms with Crippen LogP contribution in [0.15, 0.2) is 72.9 Å². The summed E-state index contributed by atoms with van der Waals surface area (Å²) < 4.78 is 82.8. The van der Waals surface area contributed by atoms with Gasteiger partial charge >= 0.3 is 12.4 Å². The van der Waals surface area contributed by atoms with Gasteiger partial charge in [0.15, 0.2) is 11.6 Å². The molecule has 0 atom stereocenters. The minimum Gasteiger partial charge on any atom is -0.255 e. The van der Waals surface area contributed by atoms with Crippen LogP contribution in [0.25, 0.3) is 34.5 Å². The molecule has 0 bridgehead atoms. The number of alkyl halides is 6. The molecule has 4 aromatic rings. The van der Waals surface area contributed by atoms with Crippen molar-refractivity contribution < 1.29 is 26.3 Å². The lowest BCUT2D eigenvalue weighted by Gasteiger charge is -2.12. The predicted octanol–water partition coefficient (Wildman–Crippen LogP) is 6.57. The summed E-state index contributed by atoms with van der Waals surface area (Å²) in [5.41, 5.74) is -2.85. The van der Waals surface area contributed by atoms with Crippen molar-refractivity contribution in [1.29, 1.82) is 5.26 Å². The van der Waals surface area contributed by atoms with E-state index in [1.54, 1.807) is 12.1 Å². The predicted molar refractivity (Wildman–Crippen MR) is 115 cm³/mol. The zero-order valence-electron chi connectivity index (χ0n) is 17.5. The molecule has 0 aliphatic rings. The van der Waals surface area contributed by atoms with Gasteiger partial charge in [0.05, 0.1) is 28.6 Å². The SMILES string of the molecule is N#CC(=Cn1nc(-c2ccccc2C(F)(F)F)nc1-c1ccccc1C(F)(F)F)c1ccccn1. The van der Waals surface area contributed by atoms with Crippen LogP contribution in [-0.4, -0.2) is 19.7 Å². The molecule has 0 aliphatic carbocycles. The van der Waals surface area contributed by atoms with Gasteiger partial charge in [0.25, 0.3) is 0 Å². The van der Waals surface area contributed by atoms with Crippen molar-refractivity contribution in [2.24, 2.45) is 0 Å². The summed E-state index contributed by atoms with van der Waals surface area (Å²) in [6.45, 7) is 0. The lowest BCUT2D eigenvalue weighted by molar-refractivity contribution is -0.137. The van der Waals surface area contributed by atoms with Crippen LogP contribution in [0.5, 0.6) is 0 Å². The summed E-state index contributed by atoms with van der Waals surface area (Å²) in [6.07, 6.45) is -7.04. The smallest absolute Gasteiger partial charge is 0.255 e. The number of hydrogen-bond acceptors (Lipinski definition) is 4. The van der Waals surface area contributed by atoms with Gasteiger partial charge in [-0.15, -0.1) is 5.10 Å². The van der Waals surface area contributed by atoms with Gasteiger partial charge in [-0.1, -0.05) is 42.5 Å². The van der Waals surface area contributed by atoms with Gasteiger partial charge in [0.2, 0.25) is 0 Å². The molecular formula is C24H13F6N5. The Morgan fingerprint density at radius 3 is 1.94 bits per heavy atom. The second-order valence-corrected chi connectivity index (χ2v) is 7.16. The van der Waals surface area contributed by atoms with Gasteiger partial charge in [0.1, 0.15) is 6.07 Å². The molecule has 0 amide bonds. The Bertz CT molecular complexity index is 1430. The first kappa shape index (κ1) is 23.7. The van der Waals surface area contributed by atoms with E-state index >= 15 is 0 Å². The lowest BCUT2D eigenvalue weighted by atomic mass is 10.1. The lowest BCUT2D eigenvalue weighted by Crippen LogP contribution is -2.08. The number of pyridine rings is 1. The van der Waals surface area contributed by atoms with Crippen LogP contribution in [-0.2, 0) is 12.4 Å². The van der Waals surface area contributed by atoms with Crippen LogP contribution < -0.4 is 0 Å². The Labute approximate surface area is 194 Å². The van der Waals surface area contributed by atoms with Gasteiger partial charge in [-0.2, -0.15) is 31.6 Å². The largest absolute Gasteiger partial charge is 0.417 e. The number of hydrogen-bond donors (Lipinski definition) is 0. The zero-order valence-corrected chi connectivity index (χ0v) is 17.5. The number of rotatable bonds is 4. The number of benzene rings is 2. The molecule has 0 fully saturated rings. The number of nitriles is 1. The fourth-order valence-electron chi connectivity index (χ4n) is 3.36. The Morgan fingerprint density at radius 2 is 1.37 bits per heavy atom. The van der Waals surface area contributed by atoms with E-state index in [0.717, 1.165) is 35.1 Å². The fraction of sp³-hybridized carbons (Fsp3) is 0.0833. The normalized spacial score (nSPS) is 12.4. The maximum absolute atomic E-state index is 13.7. The van der Waals surface area contributed by atoms with Crippen LogP contribution >= 0.6 is 0 Å². The molecule has 0 unspecified atom stereocenters. The molecule has 2 aromatic carbocycles. The summed E-state index contributed by atoms with van der Waals surface area (Å²) in [5.74, 6) is -0.854. The number of aromatic nitrogens is 4. The molecule has 0 N–H and O–H groups in total. The molecule has 11 heteroatoms. The van der Waals surface area contributed by atoms with Gasteiger partial charge in [0, 0.05) is 17.3 Å². The summed E-state index contributed by atoms with van der Waals surface area (Å²) in [4.78, 5) is 8.09. The molecule has 0 spiro atoms. The van der Waals surface area contributed by atoms with Crippen molar-refractivity contribution in [2.45, 2.75) is 12.4 Å². The zero-order chi connectivity index (χ0) is 25.2. The second-order valence-electron chi connectivity index (χ2n) is 7.16. The van der Waals surface area contributed by atoms with Gasteiger partial charge in [-0.05, 0) is 24.3 Å². The third kappa shape index (κ3) is 4.91. The highest BCUT2D eigenvalue weighted by atomic mass is 19.4. The molecule has 0 radical (unpaired) electrons. The van der Waals surface area contributed by atoms with Gasteiger partial charge in [-0.25, -0.2) is 9.67 Å². The highest BCUT2D eigenvalue weighted by molar-refractivity contribution is 5.84. The molecule has 5 nitrogen and oxygen atoms in total. The monoisotopic (exact) mass is 485 g/mol. The maximum atomic E-state index is 13.7. The quantitative estimate of drug-likeness (QED) is 0.242. The van der Waals surface area contributed by atoms with Crippen molar-refractivity contribution in [2.75, 3.05) is 0 Å². The van der Waals surface area contributed by atoms with Gasteiger partial charge in [-0.3, -0.25) is 4.98 Å². The Balaban J connectivity index is 2.00.